The van der Waals surface area contributed by atoms with E-state index in [4.69, 9.17) is 5.73 Å². The molecule has 2 rings (SSSR count). The first-order valence-corrected chi connectivity index (χ1v) is 6.94. The third-order valence-corrected chi connectivity index (χ3v) is 5.25. The van der Waals surface area contributed by atoms with E-state index in [1.807, 2.05) is 0 Å². The van der Waals surface area contributed by atoms with Crippen LogP contribution in [0.5, 0.6) is 0 Å². The monoisotopic (exact) mass is 224 g/mol. The smallest absolute Gasteiger partial charge is 0.0175 e. The van der Waals surface area contributed by atoms with Crippen molar-refractivity contribution in [3.8, 4) is 0 Å². The van der Waals surface area contributed by atoms with Gasteiger partial charge in [0.1, 0.15) is 0 Å². The van der Waals surface area contributed by atoms with Gasteiger partial charge in [-0.05, 0) is 61.9 Å². The van der Waals surface area contributed by atoms with Crippen LogP contribution in [0.2, 0.25) is 0 Å². The van der Waals surface area contributed by atoms with Crippen molar-refractivity contribution in [3.63, 3.8) is 0 Å². The molecule has 2 aliphatic carbocycles. The van der Waals surface area contributed by atoms with Crippen LogP contribution >= 0.6 is 0 Å². The predicted molar refractivity (Wildman–Crippen MR) is 69.3 cm³/mol. The maximum absolute atomic E-state index is 5.53. The molecule has 0 aromatic heterocycles. The van der Waals surface area contributed by atoms with Crippen LogP contribution in [-0.2, 0) is 0 Å². The molecule has 3 N–H and O–H groups in total. The first-order chi connectivity index (χ1) is 7.50. The molecule has 2 heteroatoms. The van der Waals surface area contributed by atoms with E-state index in [1.54, 1.807) is 0 Å². The summed E-state index contributed by atoms with van der Waals surface area (Å²) in [6.07, 6.45) is 6.69. The lowest BCUT2D eigenvalue weighted by Crippen LogP contribution is -2.50. The average Bonchev–Trinajstić information content (AvgIpc) is 2.68. The van der Waals surface area contributed by atoms with Gasteiger partial charge in [-0.15, -0.1) is 0 Å². The van der Waals surface area contributed by atoms with Crippen molar-refractivity contribution in [1.82, 2.24) is 5.32 Å². The zero-order chi connectivity index (χ0) is 11.8. The normalized spacial score (nSPS) is 40.5. The van der Waals surface area contributed by atoms with Gasteiger partial charge in [0.25, 0.3) is 0 Å². The molecule has 2 bridgehead atoms. The third kappa shape index (κ3) is 1.91. The van der Waals surface area contributed by atoms with E-state index in [1.165, 1.54) is 25.7 Å². The second-order valence-electron chi connectivity index (χ2n) is 6.80. The summed E-state index contributed by atoms with van der Waals surface area (Å²) in [5.74, 6) is 0.949. The lowest BCUT2D eigenvalue weighted by Gasteiger charge is -2.43. The van der Waals surface area contributed by atoms with Crippen molar-refractivity contribution < 1.29 is 0 Å². The molecule has 2 nitrogen and oxygen atoms in total. The quantitative estimate of drug-likeness (QED) is 0.704. The van der Waals surface area contributed by atoms with Gasteiger partial charge in [0.15, 0.2) is 0 Å². The maximum atomic E-state index is 5.53. The molecule has 1 unspecified atom stereocenters. The molecule has 0 aromatic rings. The molecule has 0 aliphatic heterocycles. The van der Waals surface area contributed by atoms with E-state index in [2.05, 4.69) is 26.1 Å². The Morgan fingerprint density at radius 3 is 2.56 bits per heavy atom. The maximum Gasteiger partial charge on any atom is 0.0175 e. The van der Waals surface area contributed by atoms with Gasteiger partial charge >= 0.3 is 0 Å². The Kier molecular flexibility index (Phi) is 3.33. The van der Waals surface area contributed by atoms with Crippen molar-refractivity contribution in [2.24, 2.45) is 22.5 Å². The van der Waals surface area contributed by atoms with E-state index < -0.39 is 0 Å². The Morgan fingerprint density at radius 2 is 2.00 bits per heavy atom. The number of hydrogen-bond donors (Lipinski definition) is 2. The lowest BCUT2D eigenvalue weighted by atomic mass is 9.68. The van der Waals surface area contributed by atoms with Crippen LogP contribution < -0.4 is 11.1 Å². The van der Waals surface area contributed by atoms with Crippen molar-refractivity contribution in [2.75, 3.05) is 13.1 Å². The van der Waals surface area contributed by atoms with Gasteiger partial charge in [0.05, 0.1) is 0 Å². The fraction of sp³-hybridized carbons (Fsp3) is 1.00. The summed E-state index contributed by atoms with van der Waals surface area (Å²) in [5, 5.41) is 3.82. The highest BCUT2D eigenvalue weighted by Gasteiger charge is 2.58. The highest BCUT2D eigenvalue weighted by molar-refractivity contribution is 5.11. The molecular weight excluding hydrogens is 196 g/mol. The minimum Gasteiger partial charge on any atom is -0.330 e. The highest BCUT2D eigenvalue weighted by atomic mass is 15.0. The summed E-state index contributed by atoms with van der Waals surface area (Å²) in [6, 6.07) is 0.719. The highest BCUT2D eigenvalue weighted by Crippen LogP contribution is 2.62. The lowest BCUT2D eigenvalue weighted by molar-refractivity contribution is 0.109. The van der Waals surface area contributed by atoms with Gasteiger partial charge < -0.3 is 11.1 Å². The number of rotatable bonds is 5. The molecule has 0 aromatic carbocycles. The molecule has 0 spiro atoms. The van der Waals surface area contributed by atoms with Crippen LogP contribution in [0.25, 0.3) is 0 Å². The number of nitrogens with one attached hydrogen (secondary N) is 1. The first kappa shape index (κ1) is 12.4. The van der Waals surface area contributed by atoms with Crippen LogP contribution in [0.4, 0.5) is 0 Å². The van der Waals surface area contributed by atoms with E-state index in [-0.39, 0.29) is 0 Å². The fourth-order valence-corrected chi connectivity index (χ4v) is 4.33. The average molecular weight is 224 g/mol. The number of fused-ring (bicyclic) bond motifs is 2. The molecule has 3 atom stereocenters. The second-order valence-corrected chi connectivity index (χ2v) is 6.80. The van der Waals surface area contributed by atoms with E-state index in [9.17, 15) is 0 Å². The van der Waals surface area contributed by atoms with Crippen LogP contribution in [0.1, 0.15) is 52.9 Å². The van der Waals surface area contributed by atoms with Crippen molar-refractivity contribution in [3.05, 3.63) is 0 Å². The first-order valence-electron chi connectivity index (χ1n) is 6.94. The minimum atomic E-state index is 0.496. The molecule has 94 valence electrons. The third-order valence-electron chi connectivity index (χ3n) is 5.25. The van der Waals surface area contributed by atoms with Crippen molar-refractivity contribution in [1.29, 1.82) is 0 Å². The zero-order valence-electron chi connectivity index (χ0n) is 11.2. The summed E-state index contributed by atoms with van der Waals surface area (Å²) in [6.45, 7) is 9.39. The fourth-order valence-electron chi connectivity index (χ4n) is 4.33. The summed E-state index contributed by atoms with van der Waals surface area (Å²) < 4.78 is 0. The van der Waals surface area contributed by atoms with Gasteiger partial charge in [-0.3, -0.25) is 0 Å². The standard InChI is InChI=1S/C14H28N2/c1-13(2)11-6-7-14(3,10-11)12(13)16-9-5-4-8-15/h11-12,16H,4-10,15H2,1-3H3/t11-,12?,14+/m0/s1. The van der Waals surface area contributed by atoms with Crippen molar-refractivity contribution >= 4 is 0 Å². The van der Waals surface area contributed by atoms with Crippen LogP contribution in [0, 0.1) is 16.7 Å². The predicted octanol–water partition coefficient (Wildman–Crippen LogP) is 2.53. The molecule has 16 heavy (non-hydrogen) atoms. The molecule has 2 saturated carbocycles. The van der Waals surface area contributed by atoms with E-state index >= 15 is 0 Å². The minimum absolute atomic E-state index is 0.496. The molecule has 0 heterocycles. The topological polar surface area (TPSA) is 38.0 Å². The number of hydrogen-bond acceptors (Lipinski definition) is 2. The van der Waals surface area contributed by atoms with Crippen molar-refractivity contribution in [2.45, 2.75) is 58.9 Å². The Labute approximate surface area is 100 Å². The van der Waals surface area contributed by atoms with Gasteiger partial charge in [-0.2, -0.15) is 0 Å². The van der Waals surface area contributed by atoms with E-state index in [0.29, 0.717) is 10.8 Å². The van der Waals surface area contributed by atoms with Crippen LogP contribution in [0.3, 0.4) is 0 Å². The summed E-state index contributed by atoms with van der Waals surface area (Å²) >= 11 is 0. The van der Waals surface area contributed by atoms with Crippen LogP contribution in [0.15, 0.2) is 0 Å². The molecular formula is C14H28N2. The Balaban J connectivity index is 1.92. The molecule has 2 aliphatic rings. The number of nitrogens with two attached hydrogens (primary N) is 1. The number of unbranched alkanes of at least 4 members (excludes halogenated alkanes) is 1. The molecule has 0 saturated heterocycles. The SMILES string of the molecule is CC1(C)C(NCCCCN)[C@]2(C)CC[C@H]1C2. The summed E-state index contributed by atoms with van der Waals surface area (Å²) in [4.78, 5) is 0. The van der Waals surface area contributed by atoms with Gasteiger partial charge in [-0.1, -0.05) is 20.8 Å². The molecule has 0 amide bonds. The van der Waals surface area contributed by atoms with Crippen LogP contribution in [-0.4, -0.2) is 19.1 Å². The van der Waals surface area contributed by atoms with Gasteiger partial charge in [0, 0.05) is 6.04 Å². The Morgan fingerprint density at radius 1 is 1.25 bits per heavy atom. The van der Waals surface area contributed by atoms with Gasteiger partial charge in [0.2, 0.25) is 0 Å². The zero-order valence-corrected chi connectivity index (χ0v) is 11.2. The summed E-state index contributed by atoms with van der Waals surface area (Å²) in [7, 11) is 0. The Hall–Kier alpha value is -0.0800. The second kappa shape index (κ2) is 4.30. The summed E-state index contributed by atoms with van der Waals surface area (Å²) in [5.41, 5.74) is 6.60. The largest absolute Gasteiger partial charge is 0.330 e. The van der Waals surface area contributed by atoms with Gasteiger partial charge in [-0.25, -0.2) is 0 Å². The Bertz CT molecular complexity index is 244. The molecule has 0 radical (unpaired) electrons. The molecule has 2 fully saturated rings. The van der Waals surface area contributed by atoms with E-state index in [0.717, 1.165) is 31.5 Å².